The van der Waals surface area contributed by atoms with Crippen LogP contribution >= 0.6 is 21.6 Å². The first kappa shape index (κ1) is 52.5. The van der Waals surface area contributed by atoms with Crippen LogP contribution in [0.2, 0.25) is 0 Å². The molecule has 15 heteroatoms. The van der Waals surface area contributed by atoms with Gasteiger partial charge in [-0.25, -0.2) is 13.1 Å². The summed E-state index contributed by atoms with van der Waals surface area (Å²) in [4.78, 5) is 66.4. The van der Waals surface area contributed by atoms with Crippen molar-refractivity contribution in [2.75, 3.05) is 26.4 Å². The fraction of sp³-hybridized carbons (Fsp3) is 0.578. The molecule has 0 radical (unpaired) electrons. The van der Waals surface area contributed by atoms with E-state index in [0.29, 0.717) is 37.3 Å². The molecule has 0 unspecified atom stereocenters. The highest BCUT2D eigenvalue weighted by molar-refractivity contribution is 8.76. The van der Waals surface area contributed by atoms with E-state index < -0.39 is 44.9 Å². The fourth-order valence-corrected chi connectivity index (χ4v) is 9.69. The summed E-state index contributed by atoms with van der Waals surface area (Å²) in [7, 11) is 2.26. The Kier molecular flexibility index (Phi) is 21.6. The van der Waals surface area contributed by atoms with E-state index in [9.17, 15) is 32.4 Å². The monoisotopic (exact) mass is 887 g/mol. The van der Waals surface area contributed by atoms with Crippen LogP contribution in [0.4, 0.5) is 0 Å². The lowest BCUT2D eigenvalue weighted by Crippen LogP contribution is -2.61. The van der Waals surface area contributed by atoms with Crippen LogP contribution in [-0.2, 0) is 45.2 Å². The zero-order chi connectivity index (χ0) is 45.3. The minimum Gasteiger partial charge on any atom is -0.356 e. The molecular formula is C45H69N5O7S3. The normalized spacial score (nSPS) is 13.9. The molecule has 0 saturated heterocycles. The van der Waals surface area contributed by atoms with Crippen LogP contribution < -0.4 is 20.7 Å². The van der Waals surface area contributed by atoms with Gasteiger partial charge in [-0.15, -0.1) is 0 Å². The molecular weight excluding hydrogens is 819 g/mol. The molecule has 0 aromatic heterocycles. The second-order valence-corrected chi connectivity index (χ2v) is 21.4. The first-order valence-corrected chi connectivity index (χ1v) is 24.7. The number of Topliss-reactive ketones (excluding diaryl/α,β-unsaturated/α-hetero) is 1. The molecule has 0 heterocycles. The molecule has 0 aliphatic carbocycles. The third-order valence-electron chi connectivity index (χ3n) is 10.5. The number of hydrogen-bond donors (Lipinski definition) is 4. The Bertz CT molecular complexity index is 1860. The third-order valence-corrected chi connectivity index (χ3v) is 14.2. The van der Waals surface area contributed by atoms with E-state index in [1.54, 1.807) is 53.9 Å². The Morgan fingerprint density at radius 3 is 2.05 bits per heavy atom. The number of amides is 4. The summed E-state index contributed by atoms with van der Waals surface area (Å²) in [6.45, 7) is 17.4. The molecule has 2 rings (SSSR count). The molecule has 12 nitrogen and oxygen atoms in total. The van der Waals surface area contributed by atoms with E-state index in [1.165, 1.54) is 24.0 Å². The Hall–Kier alpha value is -3.66. The molecule has 0 aliphatic heterocycles. The lowest BCUT2D eigenvalue weighted by molar-refractivity contribution is -0.141. The highest BCUT2D eigenvalue weighted by Gasteiger charge is 2.41. The molecule has 0 aliphatic rings. The summed E-state index contributed by atoms with van der Waals surface area (Å²) < 4.78 is 28.7. The van der Waals surface area contributed by atoms with Crippen molar-refractivity contribution < 1.29 is 32.4 Å². The third kappa shape index (κ3) is 16.7. The number of nitrogens with one attached hydrogen (secondary N) is 4. The highest BCUT2D eigenvalue weighted by atomic mass is 33.1. The van der Waals surface area contributed by atoms with Crippen molar-refractivity contribution in [1.29, 1.82) is 0 Å². The van der Waals surface area contributed by atoms with Crippen LogP contribution in [0.1, 0.15) is 112 Å². The molecule has 2 aromatic carbocycles. The average Bonchev–Trinajstić information content (AvgIpc) is 3.19. The van der Waals surface area contributed by atoms with Gasteiger partial charge in [-0.1, -0.05) is 132 Å². The van der Waals surface area contributed by atoms with E-state index in [2.05, 4.69) is 20.7 Å². The van der Waals surface area contributed by atoms with Crippen LogP contribution in [0.15, 0.2) is 71.1 Å². The summed E-state index contributed by atoms with van der Waals surface area (Å²) in [5.74, 6) is -0.155. The van der Waals surface area contributed by atoms with Gasteiger partial charge in [0.15, 0.2) is 0 Å². The topological polar surface area (TPSA) is 171 Å². The quantitative estimate of drug-likeness (QED) is 0.0465. The van der Waals surface area contributed by atoms with Gasteiger partial charge < -0.3 is 20.9 Å². The predicted octanol–water partition coefficient (Wildman–Crippen LogP) is 6.94. The van der Waals surface area contributed by atoms with Crippen molar-refractivity contribution in [2.24, 2.45) is 11.3 Å². The fourth-order valence-electron chi connectivity index (χ4n) is 6.61. The maximum Gasteiger partial charge on any atom is 0.264 e. The molecule has 0 bridgehead atoms. The van der Waals surface area contributed by atoms with Crippen molar-refractivity contribution >= 4 is 61.0 Å². The number of carbonyl (C=O) groups excluding carboxylic acids is 5. The number of carbonyl (C=O) groups is 5. The van der Waals surface area contributed by atoms with Gasteiger partial charge in [-0.3, -0.25) is 24.0 Å². The summed E-state index contributed by atoms with van der Waals surface area (Å²) in [6.07, 6.45) is 5.77. The molecule has 60 heavy (non-hydrogen) atoms. The van der Waals surface area contributed by atoms with E-state index in [4.69, 9.17) is 0 Å². The number of nitrogens with zero attached hydrogens (tertiary/aromatic N) is 1. The maximum atomic E-state index is 14.2. The van der Waals surface area contributed by atoms with Crippen molar-refractivity contribution in [1.82, 2.24) is 25.6 Å². The van der Waals surface area contributed by atoms with Crippen molar-refractivity contribution in [3.63, 3.8) is 0 Å². The highest BCUT2D eigenvalue weighted by Crippen LogP contribution is 2.30. The van der Waals surface area contributed by atoms with Gasteiger partial charge in [0.05, 0.1) is 17.0 Å². The van der Waals surface area contributed by atoms with Gasteiger partial charge in [-0.2, -0.15) is 0 Å². The van der Waals surface area contributed by atoms with Crippen LogP contribution in [-0.4, -0.2) is 87.2 Å². The van der Waals surface area contributed by atoms with Gasteiger partial charge in [0.1, 0.15) is 11.8 Å². The Morgan fingerprint density at radius 1 is 0.850 bits per heavy atom. The largest absolute Gasteiger partial charge is 0.356 e. The molecule has 4 amide bonds. The second kappa shape index (κ2) is 24.7. The first-order chi connectivity index (χ1) is 28.1. The first-order valence-electron chi connectivity index (χ1n) is 20.7. The van der Waals surface area contributed by atoms with Gasteiger partial charge in [0.2, 0.25) is 17.7 Å². The second-order valence-electron chi connectivity index (χ2n) is 17.1. The van der Waals surface area contributed by atoms with Crippen LogP contribution in [0, 0.1) is 11.3 Å². The lowest BCUT2D eigenvalue weighted by Gasteiger charge is -2.40. The smallest absolute Gasteiger partial charge is 0.264 e. The van der Waals surface area contributed by atoms with Crippen LogP contribution in [0.5, 0.6) is 0 Å². The van der Waals surface area contributed by atoms with Gasteiger partial charge in [0, 0.05) is 55.3 Å². The standard InChI is InChI=1S/C45H69N5O7S3/c1-12-35(51)21-17-14-18-27-47-38(52)26-28-58-59-30-33-22-24-36(25-23-33)60(56,57)49-41(53)32(4)29-37(31(2)3)50(11)43(55)40(44(5,6)7)48-42(54)39(46-10)45(8,9)34-19-15-13-16-20-34/h13,15-16,19-20,22-25,29,31,37,39-40,46H,12,14,17-18,21,26-28,30H2,1-11H3,(H,47,52)(H,48,54)(H,49,53)/b32-29+/t37-,39-,40-/m1/s1. The zero-order valence-corrected chi connectivity index (χ0v) is 39.9. The van der Waals surface area contributed by atoms with Crippen LogP contribution in [0.25, 0.3) is 0 Å². The minimum absolute atomic E-state index is 0.00755. The number of unbranched alkanes of at least 4 members (excludes halogenated alkanes) is 2. The summed E-state index contributed by atoms with van der Waals surface area (Å²) in [6, 6.07) is 13.8. The molecule has 2 aromatic rings. The van der Waals surface area contributed by atoms with Crippen LogP contribution in [0.3, 0.4) is 0 Å². The van der Waals surface area contributed by atoms with E-state index in [-0.39, 0.29) is 39.9 Å². The van der Waals surface area contributed by atoms with Crippen molar-refractivity contribution in [3.8, 4) is 0 Å². The molecule has 0 spiro atoms. The number of ketones is 1. The van der Waals surface area contributed by atoms with Gasteiger partial charge in [0.25, 0.3) is 15.9 Å². The number of hydrogen-bond acceptors (Lipinski definition) is 10. The van der Waals surface area contributed by atoms with E-state index in [0.717, 1.165) is 30.4 Å². The van der Waals surface area contributed by atoms with Crippen molar-refractivity contribution in [3.05, 3.63) is 77.4 Å². The van der Waals surface area contributed by atoms with Crippen molar-refractivity contribution in [2.45, 2.75) is 135 Å². The molecule has 4 N–H and O–H groups in total. The minimum atomic E-state index is -4.21. The molecule has 0 fully saturated rings. The lowest BCUT2D eigenvalue weighted by atomic mass is 9.76. The summed E-state index contributed by atoms with van der Waals surface area (Å²) >= 11 is 0. The number of rotatable bonds is 25. The molecule has 334 valence electrons. The number of benzene rings is 2. The predicted molar refractivity (Wildman–Crippen MR) is 246 cm³/mol. The van der Waals surface area contributed by atoms with E-state index >= 15 is 0 Å². The summed E-state index contributed by atoms with van der Waals surface area (Å²) in [5, 5.41) is 9.09. The summed E-state index contributed by atoms with van der Waals surface area (Å²) in [5.41, 5.74) is 0.693. The average molecular weight is 888 g/mol. The van der Waals surface area contributed by atoms with Gasteiger partial charge >= 0.3 is 0 Å². The molecule has 0 saturated carbocycles. The Labute approximate surface area is 367 Å². The number of sulfonamides is 1. The zero-order valence-electron chi connectivity index (χ0n) is 37.5. The SMILES string of the molecule is CCC(=O)CCCCCNC(=O)CCSSCc1ccc(S(=O)(=O)NC(=O)/C(C)=C/[C@H](C(C)C)N(C)C(=O)[C@@H](NC(=O)[C@@H](NC)C(C)(C)c2ccccc2)C(C)(C)C)cc1. The molecule has 3 atom stereocenters. The van der Waals surface area contributed by atoms with Gasteiger partial charge in [-0.05, 0) is 61.4 Å². The Morgan fingerprint density at radius 2 is 1.48 bits per heavy atom. The Balaban J connectivity index is 2.01. The number of likely N-dealkylation sites (N-methyl/N-ethyl adjacent to an activating group) is 2. The maximum absolute atomic E-state index is 14.2. The van der Waals surface area contributed by atoms with E-state index in [1.807, 2.05) is 85.7 Å².